The van der Waals surface area contributed by atoms with Crippen molar-refractivity contribution in [3.8, 4) is 0 Å². The van der Waals surface area contributed by atoms with E-state index in [0.717, 1.165) is 24.5 Å². The van der Waals surface area contributed by atoms with Gasteiger partial charge in [-0.15, -0.1) is 0 Å². The molecule has 0 aliphatic rings. The molecule has 0 aromatic carbocycles. The lowest BCUT2D eigenvalue weighted by Crippen LogP contribution is -2.34. The van der Waals surface area contributed by atoms with E-state index in [1.54, 1.807) is 0 Å². The molecule has 0 saturated carbocycles. The molecule has 0 unspecified atom stereocenters. The Kier molecular flexibility index (Phi) is 4.68. The second-order valence-corrected chi connectivity index (χ2v) is 4.66. The molecule has 0 aliphatic heterocycles. The number of hydrogen-bond donors (Lipinski definition) is 1. The van der Waals surface area contributed by atoms with Crippen LogP contribution in [-0.4, -0.2) is 22.6 Å². The summed E-state index contributed by atoms with van der Waals surface area (Å²) in [5.41, 5.74) is 6.56. The monoisotopic (exact) mass is 237 g/mol. The quantitative estimate of drug-likeness (QED) is 0.798. The van der Waals surface area contributed by atoms with Gasteiger partial charge in [-0.3, -0.25) is 0 Å². The van der Waals surface area contributed by atoms with E-state index in [9.17, 15) is 0 Å². The van der Waals surface area contributed by atoms with Gasteiger partial charge in [-0.05, 0) is 32.9 Å². The average molecular weight is 237 g/mol. The number of pyridine rings is 1. The fourth-order valence-corrected chi connectivity index (χ4v) is 1.65. The van der Waals surface area contributed by atoms with Gasteiger partial charge in [-0.2, -0.15) is 0 Å². The summed E-state index contributed by atoms with van der Waals surface area (Å²) in [6.07, 6.45) is 0.725. The summed E-state index contributed by atoms with van der Waals surface area (Å²) < 4.78 is 0. The van der Waals surface area contributed by atoms with Crippen molar-refractivity contribution in [2.45, 2.75) is 33.2 Å². The lowest BCUT2D eigenvalue weighted by atomic mass is 10.2. The van der Waals surface area contributed by atoms with E-state index in [2.05, 4.69) is 23.7 Å². The van der Waals surface area contributed by atoms with Crippen LogP contribution in [0.1, 0.15) is 26.0 Å². The first-order chi connectivity index (χ1) is 7.50. The van der Waals surface area contributed by atoms with Gasteiger partial charge in [0.2, 0.25) is 0 Å². The molecule has 0 amide bonds. The number of hydrogen-bond acceptors (Lipinski definition) is 3. The SMILES string of the molecule is Cc1cccc(N(CCC(N)=S)C(C)C)n1. The van der Waals surface area contributed by atoms with E-state index in [-0.39, 0.29) is 0 Å². The Bertz CT molecular complexity index is 363. The number of aromatic nitrogens is 1. The number of aryl methyl sites for hydroxylation is 1. The predicted octanol–water partition coefficient (Wildman–Crippen LogP) is 2.28. The first-order valence-corrected chi connectivity index (χ1v) is 5.90. The number of nitrogens with zero attached hydrogens (tertiary/aromatic N) is 2. The van der Waals surface area contributed by atoms with E-state index in [1.807, 2.05) is 25.1 Å². The van der Waals surface area contributed by atoms with Crippen LogP contribution >= 0.6 is 12.2 Å². The van der Waals surface area contributed by atoms with Crippen LogP contribution in [0.25, 0.3) is 0 Å². The molecule has 0 bridgehead atoms. The topological polar surface area (TPSA) is 42.1 Å². The first kappa shape index (κ1) is 12.9. The zero-order valence-electron chi connectivity index (χ0n) is 10.1. The van der Waals surface area contributed by atoms with Crippen molar-refractivity contribution < 1.29 is 0 Å². The molecule has 4 heteroatoms. The zero-order chi connectivity index (χ0) is 12.1. The van der Waals surface area contributed by atoms with E-state index in [1.165, 1.54) is 0 Å². The van der Waals surface area contributed by atoms with Gasteiger partial charge in [0.05, 0.1) is 4.99 Å². The maximum absolute atomic E-state index is 5.53. The maximum Gasteiger partial charge on any atom is 0.129 e. The highest BCUT2D eigenvalue weighted by atomic mass is 32.1. The molecule has 16 heavy (non-hydrogen) atoms. The van der Waals surface area contributed by atoms with Crippen LogP contribution in [0.2, 0.25) is 0 Å². The van der Waals surface area contributed by atoms with E-state index >= 15 is 0 Å². The third-order valence-corrected chi connectivity index (χ3v) is 2.59. The minimum absolute atomic E-state index is 0.392. The summed E-state index contributed by atoms with van der Waals surface area (Å²) in [7, 11) is 0. The summed E-state index contributed by atoms with van der Waals surface area (Å²) in [6, 6.07) is 6.43. The van der Waals surface area contributed by atoms with Gasteiger partial charge in [-0.25, -0.2) is 4.98 Å². The average Bonchev–Trinajstić information content (AvgIpc) is 2.17. The highest BCUT2D eigenvalue weighted by Gasteiger charge is 2.11. The Morgan fingerprint density at radius 3 is 2.69 bits per heavy atom. The van der Waals surface area contributed by atoms with E-state index in [0.29, 0.717) is 11.0 Å². The summed E-state index contributed by atoms with van der Waals surface area (Å²) >= 11 is 4.91. The normalized spacial score (nSPS) is 10.5. The summed E-state index contributed by atoms with van der Waals surface area (Å²) in [6.45, 7) is 7.10. The van der Waals surface area contributed by atoms with Gasteiger partial charge in [-0.1, -0.05) is 18.3 Å². The second-order valence-electron chi connectivity index (χ2n) is 4.14. The summed E-state index contributed by atoms with van der Waals surface area (Å²) in [5.74, 6) is 0.992. The fraction of sp³-hybridized carbons (Fsp3) is 0.500. The molecule has 0 fully saturated rings. The maximum atomic E-state index is 5.53. The number of anilines is 1. The third-order valence-electron chi connectivity index (χ3n) is 2.39. The number of thiocarbonyl (C=S) groups is 1. The Morgan fingerprint density at radius 2 is 2.19 bits per heavy atom. The summed E-state index contributed by atoms with van der Waals surface area (Å²) in [4.78, 5) is 7.28. The standard InChI is InChI=1S/C12H19N3S/c1-9(2)15(8-7-11(13)16)12-6-4-5-10(3)14-12/h4-6,9H,7-8H2,1-3H3,(H2,13,16). The van der Waals surface area contributed by atoms with Gasteiger partial charge in [0.25, 0.3) is 0 Å². The molecule has 88 valence electrons. The molecule has 3 nitrogen and oxygen atoms in total. The molecule has 1 heterocycles. The molecule has 1 aromatic rings. The zero-order valence-corrected chi connectivity index (χ0v) is 10.9. The molecule has 1 aromatic heterocycles. The molecule has 0 radical (unpaired) electrons. The Labute approximate surface area is 103 Å². The van der Waals surface area contributed by atoms with Crippen molar-refractivity contribution in [2.24, 2.45) is 5.73 Å². The van der Waals surface area contributed by atoms with E-state index < -0.39 is 0 Å². The van der Waals surface area contributed by atoms with Crippen molar-refractivity contribution >= 4 is 23.0 Å². The van der Waals surface area contributed by atoms with Crippen LogP contribution < -0.4 is 10.6 Å². The smallest absolute Gasteiger partial charge is 0.129 e. The molecule has 2 N–H and O–H groups in total. The van der Waals surface area contributed by atoms with Gasteiger partial charge in [0.15, 0.2) is 0 Å². The number of nitrogens with two attached hydrogens (primary N) is 1. The minimum Gasteiger partial charge on any atom is -0.393 e. The lowest BCUT2D eigenvalue weighted by Gasteiger charge is -2.27. The molecule has 0 spiro atoms. The Balaban J connectivity index is 2.81. The minimum atomic E-state index is 0.392. The molecule has 0 saturated heterocycles. The predicted molar refractivity (Wildman–Crippen MR) is 72.9 cm³/mol. The molecular weight excluding hydrogens is 218 g/mol. The van der Waals surface area contributed by atoms with Crippen LogP contribution in [0.5, 0.6) is 0 Å². The van der Waals surface area contributed by atoms with Crippen molar-refractivity contribution in [1.29, 1.82) is 0 Å². The fourth-order valence-electron chi connectivity index (χ4n) is 1.56. The van der Waals surface area contributed by atoms with Crippen LogP contribution in [-0.2, 0) is 0 Å². The van der Waals surface area contributed by atoms with Crippen LogP contribution in [0, 0.1) is 6.92 Å². The van der Waals surface area contributed by atoms with Crippen LogP contribution in [0.4, 0.5) is 5.82 Å². The van der Waals surface area contributed by atoms with Gasteiger partial charge >= 0.3 is 0 Å². The Hall–Kier alpha value is -1.16. The van der Waals surface area contributed by atoms with Crippen LogP contribution in [0.3, 0.4) is 0 Å². The van der Waals surface area contributed by atoms with Crippen molar-refractivity contribution in [2.75, 3.05) is 11.4 Å². The van der Waals surface area contributed by atoms with Crippen LogP contribution in [0.15, 0.2) is 18.2 Å². The lowest BCUT2D eigenvalue weighted by molar-refractivity contribution is 0.680. The van der Waals surface area contributed by atoms with E-state index in [4.69, 9.17) is 18.0 Å². The van der Waals surface area contributed by atoms with Crippen molar-refractivity contribution in [3.63, 3.8) is 0 Å². The van der Waals surface area contributed by atoms with Crippen molar-refractivity contribution in [1.82, 2.24) is 4.98 Å². The van der Waals surface area contributed by atoms with Gasteiger partial charge in [0.1, 0.15) is 5.82 Å². The molecule has 1 rings (SSSR count). The Morgan fingerprint density at radius 1 is 1.50 bits per heavy atom. The highest BCUT2D eigenvalue weighted by molar-refractivity contribution is 7.80. The molecule has 0 atom stereocenters. The van der Waals surface area contributed by atoms with Gasteiger partial charge < -0.3 is 10.6 Å². The molecule has 0 aliphatic carbocycles. The number of rotatable bonds is 5. The second kappa shape index (κ2) is 5.80. The first-order valence-electron chi connectivity index (χ1n) is 5.49. The molecular formula is C12H19N3S. The summed E-state index contributed by atoms with van der Waals surface area (Å²) in [5, 5.41) is 0. The largest absolute Gasteiger partial charge is 0.393 e. The highest BCUT2D eigenvalue weighted by Crippen LogP contribution is 2.14. The van der Waals surface area contributed by atoms with Gasteiger partial charge in [0, 0.05) is 24.7 Å². The van der Waals surface area contributed by atoms with Crippen molar-refractivity contribution in [3.05, 3.63) is 23.9 Å². The third kappa shape index (κ3) is 3.77.